The van der Waals surface area contributed by atoms with Crippen LogP contribution in [-0.2, 0) is 0 Å². The molecule has 3 aromatic carbocycles. The number of anilines is 1. The molecule has 0 fully saturated rings. The van der Waals surface area contributed by atoms with Gasteiger partial charge in [0.2, 0.25) is 0 Å². The van der Waals surface area contributed by atoms with E-state index in [1.165, 1.54) is 0 Å². The van der Waals surface area contributed by atoms with Crippen LogP contribution in [0.3, 0.4) is 0 Å². The number of rotatable bonds is 6. The van der Waals surface area contributed by atoms with Crippen LogP contribution in [0.1, 0.15) is 28.4 Å². The number of halogens is 4. The molecule has 0 heterocycles. The first kappa shape index (κ1) is 20.0. The van der Waals surface area contributed by atoms with E-state index >= 15 is 0 Å². The van der Waals surface area contributed by atoms with Gasteiger partial charge in [0, 0.05) is 27.7 Å². The lowest BCUT2D eigenvalue weighted by Crippen LogP contribution is -2.16. The molecule has 27 heavy (non-hydrogen) atoms. The Bertz CT molecular complexity index is 957. The summed E-state index contributed by atoms with van der Waals surface area (Å²) in [7, 11) is 0. The number of Topliss-reactive ketones (excluding diaryl/α,β-unsaturated/α-hetero) is 1. The molecule has 0 aliphatic carbocycles. The van der Waals surface area contributed by atoms with Crippen LogP contribution in [0, 0.1) is 0 Å². The second-order valence-corrected chi connectivity index (χ2v) is 7.70. The Balaban J connectivity index is 1.89. The standard InChI is InChI=1S/C21H15Cl4NO/c22-15-7-4-13(5-8-15)21(27)12-20(14-6-9-18(24)19(25)10-14)26-17-3-1-2-16(23)11-17/h1-11,20,26H,12H2. The highest BCUT2D eigenvalue weighted by molar-refractivity contribution is 6.42. The van der Waals surface area contributed by atoms with Crippen LogP contribution in [0.2, 0.25) is 20.1 Å². The van der Waals surface area contributed by atoms with Crippen molar-refractivity contribution in [3.05, 3.63) is 97.9 Å². The SMILES string of the molecule is O=C(CC(Nc1cccc(Cl)c1)c1ccc(Cl)c(Cl)c1)c1ccc(Cl)cc1. The number of benzene rings is 3. The van der Waals surface area contributed by atoms with Crippen LogP contribution in [0.15, 0.2) is 66.7 Å². The van der Waals surface area contributed by atoms with Crippen LogP contribution in [-0.4, -0.2) is 5.78 Å². The van der Waals surface area contributed by atoms with Gasteiger partial charge < -0.3 is 5.32 Å². The Morgan fingerprint density at radius 3 is 2.22 bits per heavy atom. The number of hydrogen-bond donors (Lipinski definition) is 1. The summed E-state index contributed by atoms with van der Waals surface area (Å²) in [4.78, 5) is 12.8. The second-order valence-electron chi connectivity index (χ2n) is 6.02. The van der Waals surface area contributed by atoms with E-state index in [2.05, 4.69) is 5.32 Å². The van der Waals surface area contributed by atoms with Gasteiger partial charge in [-0.05, 0) is 60.2 Å². The molecular weight excluding hydrogens is 424 g/mol. The highest BCUT2D eigenvalue weighted by Crippen LogP contribution is 2.30. The highest BCUT2D eigenvalue weighted by atomic mass is 35.5. The molecule has 1 N–H and O–H groups in total. The van der Waals surface area contributed by atoms with Crippen molar-refractivity contribution < 1.29 is 4.79 Å². The molecule has 6 heteroatoms. The summed E-state index contributed by atoms with van der Waals surface area (Å²) in [5, 5.41) is 5.46. The fraction of sp³-hybridized carbons (Fsp3) is 0.0952. The summed E-state index contributed by atoms with van der Waals surface area (Å²) < 4.78 is 0. The molecule has 0 amide bonds. The van der Waals surface area contributed by atoms with Gasteiger partial charge in [0.15, 0.2) is 5.78 Å². The van der Waals surface area contributed by atoms with Crippen LogP contribution < -0.4 is 5.32 Å². The zero-order valence-electron chi connectivity index (χ0n) is 14.1. The Kier molecular flexibility index (Phi) is 6.67. The summed E-state index contributed by atoms with van der Waals surface area (Å²) in [6, 6.07) is 19.2. The lowest BCUT2D eigenvalue weighted by molar-refractivity contribution is 0.0976. The van der Waals surface area contributed by atoms with Crippen LogP contribution in [0.4, 0.5) is 5.69 Å². The average molecular weight is 439 g/mol. The molecule has 0 bridgehead atoms. The Morgan fingerprint density at radius 2 is 1.56 bits per heavy atom. The van der Waals surface area contributed by atoms with Crippen molar-refractivity contribution in [3.8, 4) is 0 Å². The van der Waals surface area contributed by atoms with Gasteiger partial charge in [-0.3, -0.25) is 4.79 Å². The van der Waals surface area contributed by atoms with Gasteiger partial charge in [-0.1, -0.05) is 58.5 Å². The summed E-state index contributed by atoms with van der Waals surface area (Å²) in [5.41, 5.74) is 2.26. The first-order valence-corrected chi connectivity index (χ1v) is 9.69. The predicted octanol–water partition coefficient (Wildman–Crippen LogP) is 7.73. The first-order valence-electron chi connectivity index (χ1n) is 8.18. The zero-order valence-corrected chi connectivity index (χ0v) is 17.1. The third-order valence-electron chi connectivity index (χ3n) is 4.07. The first-order chi connectivity index (χ1) is 12.9. The van der Waals surface area contributed by atoms with Gasteiger partial charge in [-0.15, -0.1) is 0 Å². The van der Waals surface area contributed by atoms with E-state index in [1.807, 2.05) is 18.2 Å². The molecule has 1 atom stereocenters. The van der Waals surface area contributed by atoms with Crippen molar-refractivity contribution in [2.45, 2.75) is 12.5 Å². The predicted molar refractivity (Wildman–Crippen MR) is 115 cm³/mol. The Hall–Kier alpha value is -1.71. The lowest BCUT2D eigenvalue weighted by atomic mass is 9.97. The maximum Gasteiger partial charge on any atom is 0.165 e. The molecule has 2 nitrogen and oxygen atoms in total. The molecule has 0 aliphatic rings. The minimum atomic E-state index is -0.304. The number of carbonyl (C=O) groups excluding carboxylic acids is 1. The van der Waals surface area contributed by atoms with Crippen LogP contribution in [0.5, 0.6) is 0 Å². The summed E-state index contributed by atoms with van der Waals surface area (Å²) in [6.07, 6.45) is 0.228. The third kappa shape index (κ3) is 5.40. The monoisotopic (exact) mass is 437 g/mol. The van der Waals surface area contributed by atoms with Crippen LogP contribution in [0.25, 0.3) is 0 Å². The summed E-state index contributed by atoms with van der Waals surface area (Å²) in [5.74, 6) is -0.0164. The largest absolute Gasteiger partial charge is 0.378 e. The zero-order chi connectivity index (χ0) is 19.4. The third-order valence-corrected chi connectivity index (χ3v) is 5.29. The van der Waals surface area contributed by atoms with E-state index in [1.54, 1.807) is 48.5 Å². The molecular formula is C21H15Cl4NO. The average Bonchev–Trinajstić information content (AvgIpc) is 2.64. The molecule has 0 aliphatic heterocycles. The maximum atomic E-state index is 12.8. The van der Waals surface area contributed by atoms with Crippen molar-refractivity contribution in [1.29, 1.82) is 0 Å². The van der Waals surface area contributed by atoms with Crippen LogP contribution >= 0.6 is 46.4 Å². The Morgan fingerprint density at radius 1 is 0.815 bits per heavy atom. The molecule has 0 aromatic heterocycles. The van der Waals surface area contributed by atoms with E-state index < -0.39 is 0 Å². The van der Waals surface area contributed by atoms with Crippen molar-refractivity contribution in [2.24, 2.45) is 0 Å². The summed E-state index contributed by atoms with van der Waals surface area (Å²) >= 11 is 24.2. The molecule has 138 valence electrons. The van der Waals surface area contributed by atoms with E-state index in [4.69, 9.17) is 46.4 Å². The molecule has 0 spiro atoms. The minimum Gasteiger partial charge on any atom is -0.378 e. The molecule has 3 aromatic rings. The lowest BCUT2D eigenvalue weighted by Gasteiger charge is -2.21. The number of nitrogens with one attached hydrogen (secondary N) is 1. The number of ketones is 1. The topological polar surface area (TPSA) is 29.1 Å². The second kappa shape index (κ2) is 8.99. The van der Waals surface area contributed by atoms with Crippen molar-refractivity contribution in [2.75, 3.05) is 5.32 Å². The number of hydrogen-bond acceptors (Lipinski definition) is 2. The van der Waals surface area contributed by atoms with Crippen molar-refractivity contribution in [3.63, 3.8) is 0 Å². The number of carbonyl (C=O) groups is 1. The summed E-state index contributed by atoms with van der Waals surface area (Å²) in [6.45, 7) is 0. The molecule has 0 saturated heterocycles. The van der Waals surface area contributed by atoms with Gasteiger partial charge in [-0.25, -0.2) is 0 Å². The van der Waals surface area contributed by atoms with Gasteiger partial charge >= 0.3 is 0 Å². The van der Waals surface area contributed by atoms with E-state index in [-0.39, 0.29) is 18.2 Å². The van der Waals surface area contributed by atoms with Gasteiger partial charge in [0.05, 0.1) is 16.1 Å². The normalized spacial score (nSPS) is 11.9. The molecule has 0 saturated carbocycles. The fourth-order valence-electron chi connectivity index (χ4n) is 2.70. The molecule has 0 radical (unpaired) electrons. The molecule has 1 unspecified atom stereocenters. The Labute approximate surface area is 178 Å². The van der Waals surface area contributed by atoms with Crippen molar-refractivity contribution in [1.82, 2.24) is 0 Å². The van der Waals surface area contributed by atoms with Crippen molar-refractivity contribution >= 4 is 57.9 Å². The van der Waals surface area contributed by atoms with Gasteiger partial charge in [-0.2, -0.15) is 0 Å². The van der Waals surface area contributed by atoms with E-state index in [0.717, 1.165) is 11.3 Å². The molecule has 3 rings (SSSR count). The maximum absolute atomic E-state index is 12.8. The fourth-order valence-corrected chi connectivity index (χ4v) is 3.32. The quantitative estimate of drug-likeness (QED) is 0.399. The van der Waals surface area contributed by atoms with Gasteiger partial charge in [0.25, 0.3) is 0 Å². The van der Waals surface area contributed by atoms with Gasteiger partial charge in [0.1, 0.15) is 0 Å². The minimum absolute atomic E-state index is 0.0164. The van der Waals surface area contributed by atoms with E-state index in [0.29, 0.717) is 25.7 Å². The smallest absolute Gasteiger partial charge is 0.165 e. The highest BCUT2D eigenvalue weighted by Gasteiger charge is 2.18. The van der Waals surface area contributed by atoms with E-state index in [9.17, 15) is 4.79 Å².